The molecule has 0 radical (unpaired) electrons. The summed E-state index contributed by atoms with van der Waals surface area (Å²) < 4.78 is 27.2. The molecule has 0 spiro atoms. The first-order valence-electron chi connectivity index (χ1n) is 7.47. The van der Waals surface area contributed by atoms with Crippen molar-refractivity contribution in [1.82, 2.24) is 4.31 Å². The van der Waals surface area contributed by atoms with E-state index in [0.29, 0.717) is 30.5 Å². The summed E-state index contributed by atoms with van der Waals surface area (Å²) in [6.07, 6.45) is 2.56. The van der Waals surface area contributed by atoms with Gasteiger partial charge in [-0.2, -0.15) is 9.57 Å². The van der Waals surface area contributed by atoms with Gasteiger partial charge in [0.1, 0.15) is 0 Å². The largest absolute Gasteiger partial charge is 0.298 e. The number of piperidine rings is 1. The lowest BCUT2D eigenvalue weighted by Crippen LogP contribution is -2.47. The third-order valence-electron chi connectivity index (χ3n) is 4.06. The van der Waals surface area contributed by atoms with Crippen LogP contribution in [0.2, 0.25) is 0 Å². The minimum Gasteiger partial charge on any atom is -0.298 e. The molecule has 22 heavy (non-hydrogen) atoms. The molecule has 1 heterocycles. The SMILES string of the molecule is CCC(=O)[C@H]1CCCCN1S(=O)(=O)c1ccc(C#N)cc1C. The average molecular weight is 320 g/mol. The van der Waals surface area contributed by atoms with Crippen LogP contribution in [0, 0.1) is 18.3 Å². The molecule has 0 N–H and O–H groups in total. The van der Waals surface area contributed by atoms with Crippen molar-refractivity contribution < 1.29 is 13.2 Å². The summed E-state index contributed by atoms with van der Waals surface area (Å²) in [5.41, 5.74) is 0.962. The molecule has 1 fully saturated rings. The predicted octanol–water partition coefficient (Wildman–Crippen LogP) is 2.39. The van der Waals surface area contributed by atoms with E-state index in [1.165, 1.54) is 16.4 Å². The van der Waals surface area contributed by atoms with Gasteiger partial charge in [0, 0.05) is 13.0 Å². The number of sulfonamides is 1. The Labute approximate surface area is 131 Å². The Balaban J connectivity index is 2.44. The summed E-state index contributed by atoms with van der Waals surface area (Å²) in [6.45, 7) is 3.81. The first kappa shape index (κ1) is 16.7. The number of Topliss-reactive ketones (excluding diaryl/α,β-unsaturated/α-hetero) is 1. The van der Waals surface area contributed by atoms with Gasteiger partial charge in [0.25, 0.3) is 0 Å². The van der Waals surface area contributed by atoms with Crippen molar-refractivity contribution in [3.05, 3.63) is 29.3 Å². The van der Waals surface area contributed by atoms with E-state index in [1.807, 2.05) is 6.07 Å². The van der Waals surface area contributed by atoms with Crippen LogP contribution in [-0.2, 0) is 14.8 Å². The first-order valence-corrected chi connectivity index (χ1v) is 8.91. The van der Waals surface area contributed by atoms with Crippen LogP contribution in [0.4, 0.5) is 0 Å². The lowest BCUT2D eigenvalue weighted by atomic mass is 10.00. The summed E-state index contributed by atoms with van der Waals surface area (Å²) in [4.78, 5) is 12.3. The maximum atomic E-state index is 12.9. The zero-order chi connectivity index (χ0) is 16.3. The number of ketones is 1. The number of rotatable bonds is 4. The molecular weight excluding hydrogens is 300 g/mol. The molecule has 0 aliphatic carbocycles. The number of hydrogen-bond donors (Lipinski definition) is 0. The lowest BCUT2D eigenvalue weighted by molar-refractivity contribution is -0.123. The molecule has 0 saturated carbocycles. The van der Waals surface area contributed by atoms with Gasteiger partial charge in [0.2, 0.25) is 10.0 Å². The third-order valence-corrected chi connectivity index (χ3v) is 6.13. The Morgan fingerprint density at radius 2 is 2.14 bits per heavy atom. The first-order chi connectivity index (χ1) is 10.4. The second-order valence-corrected chi connectivity index (χ2v) is 7.40. The lowest BCUT2D eigenvalue weighted by Gasteiger charge is -2.33. The van der Waals surface area contributed by atoms with Gasteiger partial charge in [-0.1, -0.05) is 13.3 Å². The maximum absolute atomic E-state index is 12.9. The molecule has 0 unspecified atom stereocenters. The van der Waals surface area contributed by atoms with Crippen molar-refractivity contribution in [2.24, 2.45) is 0 Å². The number of carbonyl (C=O) groups is 1. The minimum absolute atomic E-state index is 0.0328. The standard InChI is InChI=1S/C16H20N2O3S/c1-3-15(19)14-6-4-5-9-18(14)22(20,21)16-8-7-13(11-17)10-12(16)2/h7-8,10,14H,3-6,9H2,1-2H3/t14-/m1/s1. The number of nitriles is 1. The van der Waals surface area contributed by atoms with Gasteiger partial charge in [-0.25, -0.2) is 8.42 Å². The Kier molecular flexibility index (Phi) is 4.99. The predicted molar refractivity (Wildman–Crippen MR) is 82.7 cm³/mol. The zero-order valence-corrected chi connectivity index (χ0v) is 13.7. The minimum atomic E-state index is -3.72. The Bertz CT molecular complexity index is 719. The van der Waals surface area contributed by atoms with Crippen molar-refractivity contribution in [3.63, 3.8) is 0 Å². The van der Waals surface area contributed by atoms with E-state index in [4.69, 9.17) is 5.26 Å². The fraction of sp³-hybridized carbons (Fsp3) is 0.500. The fourth-order valence-electron chi connectivity index (χ4n) is 2.88. The second-order valence-electron chi connectivity index (χ2n) is 5.54. The molecule has 0 bridgehead atoms. The topological polar surface area (TPSA) is 78.2 Å². The highest BCUT2D eigenvalue weighted by Crippen LogP contribution is 2.28. The third kappa shape index (κ3) is 3.06. The van der Waals surface area contributed by atoms with Crippen LogP contribution in [-0.4, -0.2) is 31.1 Å². The van der Waals surface area contributed by atoms with Crippen molar-refractivity contribution in [2.75, 3.05) is 6.54 Å². The molecule has 1 atom stereocenters. The monoisotopic (exact) mass is 320 g/mol. The Morgan fingerprint density at radius 1 is 1.41 bits per heavy atom. The van der Waals surface area contributed by atoms with Crippen LogP contribution in [0.1, 0.15) is 43.7 Å². The summed E-state index contributed by atoms with van der Waals surface area (Å²) in [5, 5.41) is 8.90. The van der Waals surface area contributed by atoms with Crippen LogP contribution in [0.5, 0.6) is 0 Å². The maximum Gasteiger partial charge on any atom is 0.243 e. The van der Waals surface area contributed by atoms with Crippen molar-refractivity contribution >= 4 is 15.8 Å². The molecule has 6 heteroatoms. The highest BCUT2D eigenvalue weighted by molar-refractivity contribution is 7.89. The van der Waals surface area contributed by atoms with E-state index in [1.54, 1.807) is 19.9 Å². The number of aryl methyl sites for hydroxylation is 1. The normalized spacial score (nSPS) is 19.6. The molecule has 2 rings (SSSR count). The van der Waals surface area contributed by atoms with Gasteiger partial charge in [-0.15, -0.1) is 0 Å². The van der Waals surface area contributed by atoms with E-state index in [-0.39, 0.29) is 10.7 Å². The Morgan fingerprint density at radius 3 is 2.73 bits per heavy atom. The van der Waals surface area contributed by atoms with Gasteiger partial charge >= 0.3 is 0 Å². The summed E-state index contributed by atoms with van der Waals surface area (Å²) in [6, 6.07) is 5.97. The van der Waals surface area contributed by atoms with E-state index in [0.717, 1.165) is 12.8 Å². The Hall–Kier alpha value is -1.71. The number of carbonyl (C=O) groups excluding carboxylic acids is 1. The molecule has 0 aromatic heterocycles. The van der Waals surface area contributed by atoms with Crippen molar-refractivity contribution in [2.45, 2.75) is 50.5 Å². The number of hydrogen-bond acceptors (Lipinski definition) is 4. The molecule has 1 aliphatic rings. The summed E-state index contributed by atoms with van der Waals surface area (Å²) in [5.74, 6) is -0.0328. The van der Waals surface area contributed by atoms with E-state index in [9.17, 15) is 13.2 Å². The van der Waals surface area contributed by atoms with Crippen molar-refractivity contribution in [1.29, 1.82) is 5.26 Å². The average Bonchev–Trinajstić information content (AvgIpc) is 2.53. The number of nitrogens with zero attached hydrogens (tertiary/aromatic N) is 2. The quantitative estimate of drug-likeness (QED) is 0.853. The van der Waals surface area contributed by atoms with Gasteiger partial charge in [0.05, 0.1) is 22.6 Å². The van der Waals surface area contributed by atoms with Crippen molar-refractivity contribution in [3.8, 4) is 6.07 Å². The fourth-order valence-corrected chi connectivity index (χ4v) is 4.77. The highest BCUT2D eigenvalue weighted by Gasteiger charge is 2.37. The van der Waals surface area contributed by atoms with E-state index in [2.05, 4.69) is 0 Å². The van der Waals surface area contributed by atoms with E-state index < -0.39 is 16.1 Å². The molecule has 0 amide bonds. The van der Waals surface area contributed by atoms with Crippen LogP contribution in [0.15, 0.2) is 23.1 Å². The van der Waals surface area contributed by atoms with Gasteiger partial charge in [0.15, 0.2) is 5.78 Å². The van der Waals surface area contributed by atoms with Crippen LogP contribution in [0.25, 0.3) is 0 Å². The van der Waals surface area contributed by atoms with E-state index >= 15 is 0 Å². The smallest absolute Gasteiger partial charge is 0.243 e. The van der Waals surface area contributed by atoms with Crippen LogP contribution in [0.3, 0.4) is 0 Å². The van der Waals surface area contributed by atoms with Gasteiger partial charge < -0.3 is 0 Å². The zero-order valence-electron chi connectivity index (χ0n) is 12.9. The summed E-state index contributed by atoms with van der Waals surface area (Å²) in [7, 11) is -3.72. The van der Waals surface area contributed by atoms with Crippen LogP contribution < -0.4 is 0 Å². The molecule has 5 nitrogen and oxygen atoms in total. The van der Waals surface area contributed by atoms with Gasteiger partial charge in [-0.3, -0.25) is 4.79 Å². The molecule has 1 saturated heterocycles. The second kappa shape index (κ2) is 6.59. The molecule has 1 aromatic carbocycles. The molecule has 1 aromatic rings. The molecular formula is C16H20N2O3S. The number of benzene rings is 1. The summed E-state index contributed by atoms with van der Waals surface area (Å²) >= 11 is 0. The van der Waals surface area contributed by atoms with Crippen LogP contribution >= 0.6 is 0 Å². The molecule has 1 aliphatic heterocycles. The van der Waals surface area contributed by atoms with Gasteiger partial charge in [-0.05, 0) is 43.5 Å². The molecule has 118 valence electrons. The highest BCUT2D eigenvalue weighted by atomic mass is 32.2.